The van der Waals surface area contributed by atoms with Crippen LogP contribution in [0.15, 0.2) is 59.4 Å². The smallest absolute Gasteiger partial charge is 0.330 e. The van der Waals surface area contributed by atoms with Crippen LogP contribution in [0.3, 0.4) is 0 Å². The van der Waals surface area contributed by atoms with E-state index in [0.29, 0.717) is 22.7 Å². The second-order valence-electron chi connectivity index (χ2n) is 6.98. The highest BCUT2D eigenvalue weighted by atomic mass is 16.6. The number of urea groups is 1. The molecule has 3 aromatic heterocycles. The van der Waals surface area contributed by atoms with Crippen LogP contribution < -0.4 is 15.1 Å². The van der Waals surface area contributed by atoms with Crippen molar-refractivity contribution in [1.82, 2.24) is 20.3 Å². The van der Waals surface area contributed by atoms with Gasteiger partial charge >= 0.3 is 6.03 Å². The van der Waals surface area contributed by atoms with Crippen molar-refractivity contribution in [3.63, 3.8) is 0 Å². The topological polar surface area (TPSA) is 100 Å². The quantitative estimate of drug-likeness (QED) is 0.565. The Morgan fingerprint density at radius 2 is 2.03 bits per heavy atom. The molecule has 1 atom stereocenters. The lowest BCUT2D eigenvalue weighted by molar-refractivity contribution is 0.252. The number of benzene rings is 1. The number of amides is 2. The number of aromatic nitrogens is 4. The Bertz CT molecular complexity index is 1240. The number of nitrogens with zero attached hydrogens (tertiary/aromatic N) is 6. The summed E-state index contributed by atoms with van der Waals surface area (Å²) in [5.41, 5.74) is 3.96. The first kappa shape index (κ1) is 16.0. The van der Waals surface area contributed by atoms with Crippen LogP contribution in [0.1, 0.15) is 6.42 Å². The van der Waals surface area contributed by atoms with Crippen molar-refractivity contribution in [2.24, 2.45) is 0 Å². The zero-order valence-corrected chi connectivity index (χ0v) is 15.2. The molecule has 4 aromatic rings. The summed E-state index contributed by atoms with van der Waals surface area (Å²) >= 11 is 0. The monoisotopic (exact) mass is 385 g/mol. The van der Waals surface area contributed by atoms with Crippen molar-refractivity contribution >= 4 is 34.4 Å². The summed E-state index contributed by atoms with van der Waals surface area (Å²) in [7, 11) is 0. The Morgan fingerprint density at radius 1 is 1.10 bits per heavy atom. The largest absolute Gasteiger partial charge is 0.347 e. The number of nitrogens with one attached hydrogen (secondary N) is 1. The molecule has 2 amide bonds. The zero-order valence-electron chi connectivity index (χ0n) is 15.2. The molecule has 0 spiro atoms. The molecule has 1 aromatic carbocycles. The summed E-state index contributed by atoms with van der Waals surface area (Å²) in [4.78, 5) is 25.9. The third-order valence-corrected chi connectivity index (χ3v) is 5.35. The zero-order chi connectivity index (χ0) is 19.4. The maximum Gasteiger partial charge on any atom is 0.330 e. The molecular weight excluding hydrogens is 370 g/mol. The van der Waals surface area contributed by atoms with Crippen LogP contribution in [-0.2, 0) is 0 Å². The van der Waals surface area contributed by atoms with Gasteiger partial charge in [0.25, 0.3) is 0 Å². The predicted octanol–water partition coefficient (Wildman–Crippen LogP) is 3.27. The van der Waals surface area contributed by atoms with E-state index in [1.165, 1.54) is 0 Å². The molecule has 2 aliphatic heterocycles. The second kappa shape index (κ2) is 5.99. The molecular formula is C20H15N7O2. The minimum absolute atomic E-state index is 0.0151. The molecule has 142 valence electrons. The van der Waals surface area contributed by atoms with Gasteiger partial charge in [-0.15, -0.1) is 0 Å². The Kier molecular flexibility index (Phi) is 3.31. The van der Waals surface area contributed by atoms with E-state index in [4.69, 9.17) is 9.61 Å². The van der Waals surface area contributed by atoms with Crippen molar-refractivity contribution in [2.45, 2.75) is 12.6 Å². The van der Waals surface area contributed by atoms with E-state index >= 15 is 0 Å². The van der Waals surface area contributed by atoms with Crippen molar-refractivity contribution in [2.75, 3.05) is 21.7 Å². The van der Waals surface area contributed by atoms with Crippen molar-refractivity contribution in [3.8, 4) is 11.3 Å². The van der Waals surface area contributed by atoms with Gasteiger partial charge in [0.2, 0.25) is 0 Å². The van der Waals surface area contributed by atoms with E-state index in [0.717, 1.165) is 29.9 Å². The molecule has 0 unspecified atom stereocenters. The maximum atomic E-state index is 13.0. The number of carbonyl (C=O) groups is 1. The fourth-order valence-electron chi connectivity index (χ4n) is 3.85. The second-order valence-corrected chi connectivity index (χ2v) is 6.98. The molecule has 2 aliphatic rings. The van der Waals surface area contributed by atoms with Gasteiger partial charge in [-0.05, 0) is 46.7 Å². The lowest BCUT2D eigenvalue weighted by atomic mass is 10.1. The lowest BCUT2D eigenvalue weighted by Gasteiger charge is -2.39. The highest BCUT2D eigenvalue weighted by molar-refractivity contribution is 6.06. The first-order chi connectivity index (χ1) is 14.3. The molecule has 5 heterocycles. The normalized spacial score (nSPS) is 17.0. The SMILES string of the molecule is O=C(Nc1ccccn1)N1c2nc(-c3ccc4nonc4c3)ccc2N2CC[C@@H]21. The van der Waals surface area contributed by atoms with Gasteiger partial charge in [0, 0.05) is 24.7 Å². The van der Waals surface area contributed by atoms with E-state index < -0.39 is 0 Å². The highest BCUT2D eigenvalue weighted by Crippen LogP contribution is 2.45. The van der Waals surface area contributed by atoms with Crippen LogP contribution in [0.4, 0.5) is 22.1 Å². The van der Waals surface area contributed by atoms with Gasteiger partial charge in [-0.2, -0.15) is 0 Å². The summed E-state index contributed by atoms with van der Waals surface area (Å²) < 4.78 is 4.78. The summed E-state index contributed by atoms with van der Waals surface area (Å²) in [6.07, 6.45) is 2.53. The lowest BCUT2D eigenvalue weighted by Crippen LogP contribution is -2.56. The van der Waals surface area contributed by atoms with E-state index in [2.05, 4.69) is 25.5 Å². The van der Waals surface area contributed by atoms with Crippen LogP contribution in [-0.4, -0.2) is 39.0 Å². The van der Waals surface area contributed by atoms with Gasteiger partial charge < -0.3 is 4.90 Å². The molecule has 29 heavy (non-hydrogen) atoms. The number of pyridine rings is 2. The molecule has 9 heteroatoms. The van der Waals surface area contributed by atoms with Crippen molar-refractivity contribution < 1.29 is 9.42 Å². The molecule has 0 saturated carbocycles. The summed E-state index contributed by atoms with van der Waals surface area (Å²) in [6, 6.07) is 14.8. The fourth-order valence-corrected chi connectivity index (χ4v) is 3.85. The molecule has 0 radical (unpaired) electrons. The van der Waals surface area contributed by atoms with Gasteiger partial charge in [0.1, 0.15) is 23.0 Å². The Labute approximate surface area is 164 Å². The Balaban J connectivity index is 1.39. The van der Waals surface area contributed by atoms with E-state index in [9.17, 15) is 4.79 Å². The molecule has 1 fully saturated rings. The molecule has 9 nitrogen and oxygen atoms in total. The third-order valence-electron chi connectivity index (χ3n) is 5.35. The number of hydrogen-bond donors (Lipinski definition) is 1. The van der Waals surface area contributed by atoms with Crippen LogP contribution in [0.25, 0.3) is 22.3 Å². The van der Waals surface area contributed by atoms with Gasteiger partial charge in [0.15, 0.2) is 5.82 Å². The minimum Gasteiger partial charge on any atom is -0.347 e. The summed E-state index contributed by atoms with van der Waals surface area (Å²) in [5.74, 6) is 1.16. The number of fused-ring (bicyclic) bond motifs is 4. The van der Waals surface area contributed by atoms with Crippen LogP contribution in [0.5, 0.6) is 0 Å². The minimum atomic E-state index is -0.238. The third kappa shape index (κ3) is 2.44. The Morgan fingerprint density at radius 3 is 2.86 bits per heavy atom. The van der Waals surface area contributed by atoms with Crippen molar-refractivity contribution in [3.05, 3.63) is 54.7 Å². The predicted molar refractivity (Wildman–Crippen MR) is 107 cm³/mol. The molecule has 0 aliphatic carbocycles. The van der Waals surface area contributed by atoms with Gasteiger partial charge in [0.05, 0.1) is 11.4 Å². The summed E-state index contributed by atoms with van der Waals surface area (Å²) in [5, 5.41) is 10.6. The molecule has 1 N–H and O–H groups in total. The standard InChI is InChI=1S/C20H15N7O2/c28-20(23-17-3-1-2-9-21-17)27-18-8-10-26(18)16-7-6-13(22-19(16)27)12-4-5-14-15(11-12)25-29-24-14/h1-7,9,11,18H,8,10H2,(H,21,23,28)/t18-/m0/s1. The average molecular weight is 385 g/mol. The van der Waals surface area contributed by atoms with Crippen LogP contribution >= 0.6 is 0 Å². The Hall–Kier alpha value is -4.01. The molecule has 1 saturated heterocycles. The number of anilines is 3. The fraction of sp³-hybridized carbons (Fsp3) is 0.150. The maximum absolute atomic E-state index is 13.0. The molecule has 6 rings (SSSR count). The summed E-state index contributed by atoms with van der Waals surface area (Å²) in [6.45, 7) is 0.905. The molecule has 0 bridgehead atoms. The number of carbonyl (C=O) groups excluding carboxylic acids is 1. The number of hydrogen-bond acceptors (Lipinski definition) is 7. The van der Waals surface area contributed by atoms with E-state index in [1.807, 2.05) is 42.5 Å². The van der Waals surface area contributed by atoms with Gasteiger partial charge in [-0.1, -0.05) is 12.1 Å². The van der Waals surface area contributed by atoms with Gasteiger partial charge in [-0.25, -0.2) is 19.4 Å². The first-order valence-corrected chi connectivity index (χ1v) is 9.29. The average Bonchev–Trinajstić information content (AvgIpc) is 3.27. The highest BCUT2D eigenvalue weighted by Gasteiger charge is 2.46. The van der Waals surface area contributed by atoms with Crippen LogP contribution in [0, 0.1) is 0 Å². The number of rotatable bonds is 2. The van der Waals surface area contributed by atoms with E-state index in [1.54, 1.807) is 17.2 Å². The van der Waals surface area contributed by atoms with Gasteiger partial charge in [-0.3, -0.25) is 10.2 Å². The van der Waals surface area contributed by atoms with E-state index in [-0.39, 0.29) is 12.2 Å². The van der Waals surface area contributed by atoms with Crippen molar-refractivity contribution in [1.29, 1.82) is 0 Å². The van der Waals surface area contributed by atoms with Crippen LogP contribution in [0.2, 0.25) is 0 Å². The first-order valence-electron chi connectivity index (χ1n) is 9.29.